The first-order chi connectivity index (χ1) is 13.2. The van der Waals surface area contributed by atoms with Crippen LogP contribution in [0, 0.1) is 0 Å². The number of anilines is 2. The molecule has 1 amide bonds. The summed E-state index contributed by atoms with van der Waals surface area (Å²) in [6, 6.07) is 12.8. The second-order valence-electron chi connectivity index (χ2n) is 5.97. The number of likely N-dealkylation sites (N-methyl/N-ethyl adjacent to an activating group) is 1. The van der Waals surface area contributed by atoms with Crippen molar-refractivity contribution in [3.63, 3.8) is 0 Å². The highest BCUT2D eigenvalue weighted by molar-refractivity contribution is 6.03. The van der Waals surface area contributed by atoms with E-state index in [1.165, 1.54) is 11.9 Å². The molecule has 0 spiro atoms. The van der Waals surface area contributed by atoms with E-state index in [-0.39, 0.29) is 5.91 Å². The summed E-state index contributed by atoms with van der Waals surface area (Å²) in [6.07, 6.45) is 5.81. The van der Waals surface area contributed by atoms with E-state index in [0.717, 1.165) is 13.0 Å². The van der Waals surface area contributed by atoms with Gasteiger partial charge in [-0.2, -0.15) is 0 Å². The maximum absolute atomic E-state index is 12.5. The zero-order valence-electron chi connectivity index (χ0n) is 15.3. The van der Waals surface area contributed by atoms with Crippen LogP contribution in [0.25, 0.3) is 0 Å². The molecule has 7 nitrogen and oxygen atoms in total. The Balaban J connectivity index is 1.65. The molecule has 138 valence electrons. The summed E-state index contributed by atoms with van der Waals surface area (Å²) in [6.45, 7) is 0.762. The third kappa shape index (κ3) is 5.01. The van der Waals surface area contributed by atoms with Crippen LogP contribution >= 0.6 is 0 Å². The van der Waals surface area contributed by atoms with Crippen molar-refractivity contribution < 1.29 is 9.53 Å². The number of carbonyl (C=O) groups excluding carboxylic acids is 1. The minimum Gasteiger partial charge on any atom is -0.497 e. The number of benzene rings is 1. The highest BCUT2D eigenvalue weighted by atomic mass is 16.5. The average Bonchev–Trinajstić information content (AvgIpc) is 2.73. The standard InChI is InChI=1S/C20H21N5O2/c1-25(11-8-15-6-9-21-10-7-15)19-13-18(22-14-23-19)20(26)24-16-4-3-5-17(12-16)27-2/h3-7,9-10,12-14H,8,11H2,1-2H3,(H,24,26). The Morgan fingerprint density at radius 3 is 2.74 bits per heavy atom. The molecule has 1 aromatic carbocycles. The van der Waals surface area contributed by atoms with Gasteiger partial charge >= 0.3 is 0 Å². The van der Waals surface area contributed by atoms with E-state index in [1.54, 1.807) is 37.7 Å². The van der Waals surface area contributed by atoms with Crippen LogP contribution in [-0.4, -0.2) is 41.6 Å². The van der Waals surface area contributed by atoms with Gasteiger partial charge in [0.2, 0.25) is 0 Å². The molecule has 3 aromatic rings. The maximum atomic E-state index is 12.5. The Bertz CT molecular complexity index is 902. The quantitative estimate of drug-likeness (QED) is 0.695. The summed E-state index contributed by atoms with van der Waals surface area (Å²) in [7, 11) is 3.52. The Labute approximate surface area is 158 Å². The van der Waals surface area contributed by atoms with Crippen molar-refractivity contribution in [1.82, 2.24) is 15.0 Å². The van der Waals surface area contributed by atoms with Crippen LogP contribution in [0.2, 0.25) is 0 Å². The smallest absolute Gasteiger partial charge is 0.274 e. The lowest BCUT2D eigenvalue weighted by Gasteiger charge is -2.18. The predicted molar refractivity (Wildman–Crippen MR) is 104 cm³/mol. The molecule has 3 rings (SSSR count). The summed E-state index contributed by atoms with van der Waals surface area (Å²) in [5, 5.41) is 2.82. The van der Waals surface area contributed by atoms with Crippen LogP contribution in [0.4, 0.5) is 11.5 Å². The van der Waals surface area contributed by atoms with Crippen molar-refractivity contribution >= 4 is 17.4 Å². The predicted octanol–water partition coefficient (Wildman–Crippen LogP) is 2.81. The van der Waals surface area contributed by atoms with Crippen molar-refractivity contribution in [2.45, 2.75) is 6.42 Å². The fraction of sp³-hybridized carbons (Fsp3) is 0.200. The zero-order valence-corrected chi connectivity index (χ0v) is 15.3. The SMILES string of the molecule is COc1cccc(NC(=O)c2cc(N(C)CCc3ccncc3)ncn2)c1. The highest BCUT2D eigenvalue weighted by Crippen LogP contribution is 2.18. The summed E-state index contributed by atoms with van der Waals surface area (Å²) in [5.74, 6) is 1.07. The second kappa shape index (κ2) is 8.75. The summed E-state index contributed by atoms with van der Waals surface area (Å²) < 4.78 is 5.17. The number of nitrogens with zero attached hydrogens (tertiary/aromatic N) is 4. The minimum absolute atomic E-state index is 0.297. The van der Waals surface area contributed by atoms with Gasteiger partial charge in [-0.1, -0.05) is 6.07 Å². The van der Waals surface area contributed by atoms with E-state index in [4.69, 9.17) is 4.74 Å². The Morgan fingerprint density at radius 1 is 1.15 bits per heavy atom. The number of nitrogens with one attached hydrogen (secondary N) is 1. The number of hydrogen-bond acceptors (Lipinski definition) is 6. The average molecular weight is 363 g/mol. The third-order valence-electron chi connectivity index (χ3n) is 4.09. The van der Waals surface area contributed by atoms with Gasteiger partial charge in [0.25, 0.3) is 5.91 Å². The highest BCUT2D eigenvalue weighted by Gasteiger charge is 2.12. The lowest BCUT2D eigenvalue weighted by Crippen LogP contribution is -2.23. The lowest BCUT2D eigenvalue weighted by atomic mass is 10.2. The van der Waals surface area contributed by atoms with Gasteiger partial charge in [-0.15, -0.1) is 0 Å². The molecule has 0 saturated carbocycles. The molecular formula is C20H21N5O2. The number of rotatable bonds is 7. The Hall–Kier alpha value is -3.48. The van der Waals surface area contributed by atoms with Gasteiger partial charge in [-0.25, -0.2) is 9.97 Å². The fourth-order valence-electron chi connectivity index (χ4n) is 2.54. The molecule has 0 unspecified atom stereocenters. The molecule has 0 aliphatic heterocycles. The van der Waals surface area contributed by atoms with Gasteiger partial charge < -0.3 is 15.0 Å². The normalized spacial score (nSPS) is 10.3. The number of hydrogen-bond donors (Lipinski definition) is 1. The molecule has 0 aliphatic rings. The Morgan fingerprint density at radius 2 is 1.96 bits per heavy atom. The van der Waals surface area contributed by atoms with Crippen LogP contribution in [0.5, 0.6) is 5.75 Å². The first-order valence-electron chi connectivity index (χ1n) is 8.53. The number of aromatic nitrogens is 3. The minimum atomic E-state index is -0.297. The molecule has 7 heteroatoms. The van der Waals surface area contributed by atoms with E-state index in [0.29, 0.717) is 22.9 Å². The van der Waals surface area contributed by atoms with Gasteiger partial charge in [-0.3, -0.25) is 9.78 Å². The van der Waals surface area contributed by atoms with Gasteiger partial charge in [0.15, 0.2) is 0 Å². The van der Waals surface area contributed by atoms with Crippen molar-refractivity contribution in [2.75, 3.05) is 30.9 Å². The van der Waals surface area contributed by atoms with Crippen molar-refractivity contribution in [2.24, 2.45) is 0 Å². The van der Waals surface area contributed by atoms with E-state index in [9.17, 15) is 4.79 Å². The molecule has 2 aromatic heterocycles. The Kier molecular flexibility index (Phi) is 5.94. The van der Waals surface area contributed by atoms with Gasteiger partial charge in [0.05, 0.1) is 7.11 Å². The van der Waals surface area contributed by atoms with Crippen LogP contribution in [0.1, 0.15) is 16.1 Å². The first kappa shape index (κ1) is 18.3. The van der Waals surface area contributed by atoms with Crippen LogP contribution in [0.3, 0.4) is 0 Å². The molecule has 0 radical (unpaired) electrons. The van der Waals surface area contributed by atoms with Gasteiger partial charge in [0.1, 0.15) is 23.6 Å². The molecule has 0 saturated heterocycles. The number of amides is 1. The number of carbonyl (C=O) groups is 1. The molecule has 27 heavy (non-hydrogen) atoms. The molecule has 0 aliphatic carbocycles. The van der Waals surface area contributed by atoms with E-state index < -0.39 is 0 Å². The molecule has 2 heterocycles. The van der Waals surface area contributed by atoms with Crippen LogP contribution in [0.15, 0.2) is 61.2 Å². The van der Waals surface area contributed by atoms with E-state index in [2.05, 4.69) is 20.3 Å². The van der Waals surface area contributed by atoms with Crippen LogP contribution < -0.4 is 15.0 Å². The van der Waals surface area contributed by atoms with Crippen molar-refractivity contribution in [1.29, 1.82) is 0 Å². The van der Waals surface area contributed by atoms with Gasteiger partial charge in [-0.05, 0) is 36.2 Å². The first-order valence-corrected chi connectivity index (χ1v) is 8.53. The molecular weight excluding hydrogens is 342 g/mol. The monoisotopic (exact) mass is 363 g/mol. The number of pyridine rings is 1. The van der Waals surface area contributed by atoms with Crippen LogP contribution in [-0.2, 0) is 6.42 Å². The largest absolute Gasteiger partial charge is 0.497 e. The molecule has 0 atom stereocenters. The molecule has 0 bridgehead atoms. The maximum Gasteiger partial charge on any atom is 0.274 e. The van der Waals surface area contributed by atoms with Crippen molar-refractivity contribution in [3.05, 3.63) is 72.4 Å². The topological polar surface area (TPSA) is 80.2 Å². The molecule has 0 fully saturated rings. The summed E-state index contributed by atoms with van der Waals surface area (Å²) >= 11 is 0. The van der Waals surface area contributed by atoms with Crippen molar-refractivity contribution in [3.8, 4) is 5.75 Å². The number of methoxy groups -OCH3 is 1. The third-order valence-corrected chi connectivity index (χ3v) is 4.09. The summed E-state index contributed by atoms with van der Waals surface area (Å²) in [5.41, 5.74) is 2.14. The van der Waals surface area contributed by atoms with Gasteiger partial charge in [0, 0.05) is 43.8 Å². The van der Waals surface area contributed by atoms with E-state index in [1.807, 2.05) is 36.2 Å². The lowest BCUT2D eigenvalue weighted by molar-refractivity contribution is 0.102. The number of ether oxygens (including phenoxy) is 1. The summed E-state index contributed by atoms with van der Waals surface area (Å²) in [4.78, 5) is 26.9. The fourth-order valence-corrected chi connectivity index (χ4v) is 2.54. The zero-order chi connectivity index (χ0) is 19.1. The molecule has 1 N–H and O–H groups in total. The van der Waals surface area contributed by atoms with E-state index >= 15 is 0 Å². The second-order valence-corrected chi connectivity index (χ2v) is 5.97.